The van der Waals surface area contributed by atoms with Crippen LogP contribution in [0.2, 0.25) is 0 Å². The number of aromatic nitrogens is 1. The highest BCUT2D eigenvalue weighted by molar-refractivity contribution is 5.94. The van der Waals surface area contributed by atoms with Gasteiger partial charge in [-0.15, -0.1) is 0 Å². The molecule has 2 aromatic carbocycles. The summed E-state index contributed by atoms with van der Waals surface area (Å²) >= 11 is 0. The fraction of sp³-hybridized carbons (Fsp3) is 0.320. The number of carbonyl (C=O) groups excluding carboxylic acids is 2. The molecule has 0 bridgehead atoms. The molecule has 0 spiro atoms. The van der Waals surface area contributed by atoms with Crippen molar-refractivity contribution in [1.82, 2.24) is 21.1 Å². The molecule has 3 aromatic rings. The van der Waals surface area contributed by atoms with Crippen molar-refractivity contribution in [3.8, 4) is 5.75 Å². The molecule has 1 aromatic heterocycles. The average molecular weight is 449 g/mol. The number of benzene rings is 2. The van der Waals surface area contributed by atoms with E-state index in [9.17, 15) is 9.59 Å². The number of aryl methyl sites for hydroxylation is 1. The van der Waals surface area contributed by atoms with Gasteiger partial charge in [0.15, 0.2) is 0 Å². The minimum absolute atomic E-state index is 0.0869. The molecule has 8 heteroatoms. The molecule has 2 amide bonds. The Hall–Kier alpha value is -3.49. The SMILES string of the molecule is Cc1cc(COc2ccc(C(=O)N[C@H]3CCNC[C@@H]3CC(=O)NO)cc2)c2ccccc2n1. The lowest BCUT2D eigenvalue weighted by molar-refractivity contribution is -0.130. The fourth-order valence-electron chi connectivity index (χ4n) is 4.24. The van der Waals surface area contributed by atoms with Gasteiger partial charge in [-0.25, -0.2) is 5.48 Å². The van der Waals surface area contributed by atoms with Crippen LogP contribution in [0.1, 0.15) is 34.5 Å². The van der Waals surface area contributed by atoms with Gasteiger partial charge in [0.2, 0.25) is 5.91 Å². The first-order valence-electron chi connectivity index (χ1n) is 11.1. The predicted octanol–water partition coefficient (Wildman–Crippen LogP) is 2.73. The first kappa shape index (κ1) is 22.7. The van der Waals surface area contributed by atoms with Crippen molar-refractivity contribution in [1.29, 1.82) is 0 Å². The summed E-state index contributed by atoms with van der Waals surface area (Å²) in [6.45, 7) is 3.73. The first-order chi connectivity index (χ1) is 16.0. The van der Waals surface area contributed by atoms with E-state index in [0.717, 1.165) is 35.1 Å². The molecule has 1 aliphatic heterocycles. The Kier molecular flexibility index (Phi) is 7.16. The van der Waals surface area contributed by atoms with Crippen LogP contribution in [0.15, 0.2) is 54.6 Å². The van der Waals surface area contributed by atoms with Crippen LogP contribution in [-0.2, 0) is 11.4 Å². The molecule has 33 heavy (non-hydrogen) atoms. The van der Waals surface area contributed by atoms with E-state index < -0.39 is 5.91 Å². The highest BCUT2D eigenvalue weighted by Gasteiger charge is 2.28. The Morgan fingerprint density at radius 1 is 1.18 bits per heavy atom. The number of carbonyl (C=O) groups is 2. The zero-order valence-electron chi connectivity index (χ0n) is 18.5. The average Bonchev–Trinajstić information content (AvgIpc) is 2.83. The van der Waals surface area contributed by atoms with Crippen LogP contribution >= 0.6 is 0 Å². The van der Waals surface area contributed by atoms with Gasteiger partial charge in [-0.05, 0) is 56.3 Å². The molecule has 172 valence electrons. The molecule has 4 rings (SSSR count). The van der Waals surface area contributed by atoms with E-state index in [-0.39, 0.29) is 24.3 Å². The maximum Gasteiger partial charge on any atom is 0.251 e. The largest absolute Gasteiger partial charge is 0.489 e. The van der Waals surface area contributed by atoms with E-state index in [2.05, 4.69) is 15.6 Å². The van der Waals surface area contributed by atoms with Crippen molar-refractivity contribution in [2.45, 2.75) is 32.4 Å². The molecular weight excluding hydrogens is 420 g/mol. The third-order valence-corrected chi connectivity index (χ3v) is 5.94. The Balaban J connectivity index is 1.38. The van der Waals surface area contributed by atoms with E-state index in [1.54, 1.807) is 29.7 Å². The Morgan fingerprint density at radius 3 is 2.76 bits per heavy atom. The van der Waals surface area contributed by atoms with Gasteiger partial charge in [0.25, 0.3) is 5.91 Å². The van der Waals surface area contributed by atoms with Crippen LogP contribution in [0.4, 0.5) is 0 Å². The molecule has 0 unspecified atom stereocenters. The van der Waals surface area contributed by atoms with Gasteiger partial charge in [0.1, 0.15) is 12.4 Å². The summed E-state index contributed by atoms with van der Waals surface area (Å²) < 4.78 is 5.98. The second kappa shape index (κ2) is 10.4. The summed E-state index contributed by atoms with van der Waals surface area (Å²) in [4.78, 5) is 28.9. The number of ether oxygens (including phenoxy) is 1. The number of amides is 2. The lowest BCUT2D eigenvalue weighted by Gasteiger charge is -2.32. The summed E-state index contributed by atoms with van der Waals surface area (Å²) in [6.07, 6.45) is 0.861. The van der Waals surface area contributed by atoms with Crippen LogP contribution in [0.5, 0.6) is 5.75 Å². The van der Waals surface area contributed by atoms with Gasteiger partial charge >= 0.3 is 0 Å². The molecule has 8 nitrogen and oxygen atoms in total. The topological polar surface area (TPSA) is 113 Å². The number of hydrogen-bond donors (Lipinski definition) is 4. The molecule has 2 atom stereocenters. The Morgan fingerprint density at radius 2 is 1.97 bits per heavy atom. The van der Waals surface area contributed by atoms with E-state index in [0.29, 0.717) is 24.5 Å². The second-order valence-corrected chi connectivity index (χ2v) is 8.32. The highest BCUT2D eigenvalue weighted by Crippen LogP contribution is 2.21. The summed E-state index contributed by atoms with van der Waals surface area (Å²) in [5, 5.41) is 16.1. The van der Waals surface area contributed by atoms with Crippen molar-refractivity contribution >= 4 is 22.7 Å². The normalized spacial score (nSPS) is 18.0. The maximum atomic E-state index is 12.8. The molecule has 1 saturated heterocycles. The fourth-order valence-corrected chi connectivity index (χ4v) is 4.24. The van der Waals surface area contributed by atoms with Crippen LogP contribution < -0.4 is 20.9 Å². The number of pyridine rings is 1. The zero-order chi connectivity index (χ0) is 23.2. The maximum absolute atomic E-state index is 12.8. The number of rotatable bonds is 7. The smallest absolute Gasteiger partial charge is 0.251 e. The number of para-hydroxylation sites is 1. The molecule has 1 fully saturated rings. The number of nitrogens with one attached hydrogen (secondary N) is 3. The van der Waals surface area contributed by atoms with Gasteiger partial charge in [0.05, 0.1) is 5.52 Å². The Bertz CT molecular complexity index is 1130. The van der Waals surface area contributed by atoms with Gasteiger partial charge < -0.3 is 15.4 Å². The Labute approximate surface area is 192 Å². The second-order valence-electron chi connectivity index (χ2n) is 8.32. The number of hydrogen-bond acceptors (Lipinski definition) is 6. The lowest BCUT2D eigenvalue weighted by Crippen LogP contribution is -2.50. The zero-order valence-corrected chi connectivity index (χ0v) is 18.5. The number of piperidine rings is 1. The number of nitrogens with zero attached hydrogens (tertiary/aromatic N) is 1. The summed E-state index contributed by atoms with van der Waals surface area (Å²) in [5.74, 6) is -0.0687. The van der Waals surface area contributed by atoms with E-state index in [1.807, 2.05) is 37.3 Å². The molecule has 2 heterocycles. The van der Waals surface area contributed by atoms with Crippen LogP contribution in [0, 0.1) is 12.8 Å². The van der Waals surface area contributed by atoms with Crippen LogP contribution in [0.25, 0.3) is 10.9 Å². The summed E-state index contributed by atoms with van der Waals surface area (Å²) in [6, 6.07) is 16.9. The standard InChI is InChI=1S/C25H28N4O4/c1-16-12-19(21-4-2-3-5-23(21)27-16)15-33-20-8-6-17(7-9-20)25(31)28-22-10-11-26-14-18(22)13-24(30)29-32/h2-9,12,18,22,26,32H,10-11,13-15H2,1H3,(H,28,31)(H,29,30)/t18-,22-/m0/s1. The minimum atomic E-state index is -0.457. The number of fused-ring (bicyclic) bond motifs is 1. The van der Waals surface area contributed by atoms with Crippen LogP contribution in [-0.4, -0.2) is 41.1 Å². The van der Waals surface area contributed by atoms with Crippen molar-refractivity contribution in [2.24, 2.45) is 5.92 Å². The van der Waals surface area contributed by atoms with E-state index >= 15 is 0 Å². The third kappa shape index (κ3) is 5.66. The molecule has 0 aliphatic carbocycles. The third-order valence-electron chi connectivity index (χ3n) is 5.94. The monoisotopic (exact) mass is 448 g/mol. The molecule has 1 aliphatic rings. The number of hydroxylamine groups is 1. The molecule has 4 N–H and O–H groups in total. The minimum Gasteiger partial charge on any atom is -0.489 e. The summed E-state index contributed by atoms with van der Waals surface area (Å²) in [7, 11) is 0. The van der Waals surface area contributed by atoms with E-state index in [4.69, 9.17) is 9.94 Å². The van der Waals surface area contributed by atoms with E-state index in [1.165, 1.54) is 0 Å². The van der Waals surface area contributed by atoms with Gasteiger partial charge in [-0.2, -0.15) is 0 Å². The predicted molar refractivity (Wildman–Crippen MR) is 124 cm³/mol. The van der Waals surface area contributed by atoms with Crippen molar-refractivity contribution in [3.63, 3.8) is 0 Å². The highest BCUT2D eigenvalue weighted by atomic mass is 16.5. The first-order valence-corrected chi connectivity index (χ1v) is 11.1. The van der Waals surface area contributed by atoms with Crippen molar-refractivity contribution < 1.29 is 19.5 Å². The molecule has 0 radical (unpaired) electrons. The summed E-state index contributed by atoms with van der Waals surface area (Å²) in [5.41, 5.74) is 5.12. The van der Waals surface area contributed by atoms with Gasteiger partial charge in [-0.3, -0.25) is 19.8 Å². The van der Waals surface area contributed by atoms with Gasteiger partial charge in [-0.1, -0.05) is 18.2 Å². The van der Waals surface area contributed by atoms with Gasteiger partial charge in [0, 0.05) is 47.1 Å². The molecular formula is C25H28N4O4. The van der Waals surface area contributed by atoms with Crippen molar-refractivity contribution in [3.05, 3.63) is 71.4 Å². The quantitative estimate of drug-likeness (QED) is 0.327. The lowest BCUT2D eigenvalue weighted by atomic mass is 9.90. The molecule has 0 saturated carbocycles. The van der Waals surface area contributed by atoms with Crippen LogP contribution in [0.3, 0.4) is 0 Å². The van der Waals surface area contributed by atoms with Crippen molar-refractivity contribution in [2.75, 3.05) is 13.1 Å².